The first kappa shape index (κ1) is 23.3. The van der Waals surface area contributed by atoms with Crippen molar-refractivity contribution in [3.8, 4) is 11.3 Å². The highest BCUT2D eigenvalue weighted by atomic mass is 32.1. The van der Waals surface area contributed by atoms with E-state index in [0.717, 1.165) is 93.0 Å². The van der Waals surface area contributed by atoms with Crippen molar-refractivity contribution >= 4 is 27.3 Å². The summed E-state index contributed by atoms with van der Waals surface area (Å²) in [7, 11) is 2.18. The van der Waals surface area contributed by atoms with Crippen LogP contribution >= 0.6 is 11.3 Å². The third-order valence-corrected chi connectivity index (χ3v) is 8.05. The van der Waals surface area contributed by atoms with Crippen LogP contribution < -0.4 is 10.2 Å². The van der Waals surface area contributed by atoms with E-state index in [0.29, 0.717) is 0 Å². The molecule has 0 radical (unpaired) electrons. The first-order valence-corrected chi connectivity index (χ1v) is 13.2. The van der Waals surface area contributed by atoms with Crippen LogP contribution in [-0.2, 0) is 4.79 Å². The van der Waals surface area contributed by atoms with Gasteiger partial charge >= 0.3 is 0 Å². The van der Waals surface area contributed by atoms with E-state index in [1.165, 1.54) is 5.56 Å². The molecule has 1 aromatic carbocycles. The monoisotopic (exact) mass is 481 g/mol. The molecule has 5 rings (SSSR count). The number of anilines is 1. The van der Waals surface area contributed by atoms with E-state index in [4.69, 9.17) is 10.1 Å². The number of hydrogen-bond acceptors (Lipinski definition) is 7. The van der Waals surface area contributed by atoms with Crippen molar-refractivity contribution in [1.29, 1.82) is 0 Å². The minimum Gasteiger partial charge on any atom is -0.356 e. The zero-order valence-corrected chi connectivity index (χ0v) is 21.1. The molecule has 9 heteroatoms. The summed E-state index contributed by atoms with van der Waals surface area (Å²) in [5, 5.41) is 8.94. The number of aryl methyl sites for hydroxylation is 1. The summed E-state index contributed by atoms with van der Waals surface area (Å²) in [6.45, 7) is 10.2. The number of benzene rings is 1. The molecule has 4 heterocycles. The van der Waals surface area contributed by atoms with Gasteiger partial charge in [-0.15, -0.1) is 5.10 Å². The van der Waals surface area contributed by atoms with Crippen molar-refractivity contribution < 1.29 is 4.79 Å². The van der Waals surface area contributed by atoms with Gasteiger partial charge in [-0.2, -0.15) is 0 Å². The lowest BCUT2D eigenvalue weighted by Gasteiger charge is -2.32. The smallest absolute Gasteiger partial charge is 0.223 e. The molecule has 0 aliphatic carbocycles. The second-order valence-electron chi connectivity index (χ2n) is 9.65. The number of fused-ring (bicyclic) bond motifs is 1. The summed E-state index contributed by atoms with van der Waals surface area (Å²) in [5.41, 5.74) is 3.31. The molecular formula is C25H35N7OS. The van der Waals surface area contributed by atoms with Crippen LogP contribution in [0.5, 0.6) is 0 Å². The fraction of sp³-hybridized carbons (Fsp3) is 0.560. The van der Waals surface area contributed by atoms with Crippen LogP contribution in [0.25, 0.3) is 16.2 Å². The lowest BCUT2D eigenvalue weighted by molar-refractivity contribution is -0.125. The maximum absolute atomic E-state index is 12.7. The van der Waals surface area contributed by atoms with Gasteiger partial charge in [0.25, 0.3) is 0 Å². The van der Waals surface area contributed by atoms with Crippen LogP contribution in [0.4, 0.5) is 5.13 Å². The number of likely N-dealkylation sites (N-methyl/N-ethyl adjacent to an activating group) is 1. The molecule has 0 spiro atoms. The average Bonchev–Trinajstić information content (AvgIpc) is 3.43. The van der Waals surface area contributed by atoms with Crippen LogP contribution in [0.1, 0.15) is 24.8 Å². The average molecular weight is 482 g/mol. The maximum Gasteiger partial charge on any atom is 0.223 e. The van der Waals surface area contributed by atoms with Crippen molar-refractivity contribution in [3.05, 3.63) is 36.0 Å². The number of hydrogen-bond donors (Lipinski definition) is 1. The highest BCUT2D eigenvalue weighted by molar-refractivity contribution is 7.20. The number of carbonyl (C=O) groups excluding carboxylic acids is 1. The molecule has 0 saturated carbocycles. The second-order valence-corrected chi connectivity index (χ2v) is 10.6. The minimum atomic E-state index is 0.108. The molecule has 2 fully saturated rings. The number of nitrogens with zero attached hydrogens (tertiary/aromatic N) is 6. The third-order valence-electron chi connectivity index (χ3n) is 7.06. The Morgan fingerprint density at radius 2 is 1.82 bits per heavy atom. The number of rotatable bonds is 7. The van der Waals surface area contributed by atoms with Gasteiger partial charge in [-0.3, -0.25) is 4.79 Å². The van der Waals surface area contributed by atoms with Gasteiger partial charge in [0, 0.05) is 57.3 Å². The molecule has 8 nitrogen and oxygen atoms in total. The summed E-state index contributed by atoms with van der Waals surface area (Å²) >= 11 is 1.62. The second kappa shape index (κ2) is 10.4. The first-order valence-electron chi connectivity index (χ1n) is 12.4. The molecule has 1 N–H and O–H groups in total. The summed E-state index contributed by atoms with van der Waals surface area (Å²) in [6, 6.07) is 8.42. The molecule has 1 amide bonds. The highest BCUT2D eigenvalue weighted by Gasteiger charge is 2.27. The Balaban J connectivity index is 1.07. The number of aromatic nitrogens is 3. The largest absolute Gasteiger partial charge is 0.356 e. The lowest BCUT2D eigenvalue weighted by atomic mass is 9.96. The van der Waals surface area contributed by atoms with E-state index < -0.39 is 0 Å². The Morgan fingerprint density at radius 1 is 1.09 bits per heavy atom. The molecule has 0 atom stereocenters. The van der Waals surface area contributed by atoms with Gasteiger partial charge < -0.3 is 20.0 Å². The molecule has 2 saturated heterocycles. The number of piperidine rings is 1. The van der Waals surface area contributed by atoms with Crippen LogP contribution in [0, 0.1) is 12.8 Å². The lowest BCUT2D eigenvalue weighted by Crippen LogP contribution is -2.45. The van der Waals surface area contributed by atoms with Gasteiger partial charge in [0.15, 0.2) is 0 Å². The van der Waals surface area contributed by atoms with E-state index in [9.17, 15) is 4.79 Å². The number of carbonyl (C=O) groups is 1. The molecule has 0 bridgehead atoms. The van der Waals surface area contributed by atoms with E-state index in [1.54, 1.807) is 11.3 Å². The van der Waals surface area contributed by atoms with Crippen LogP contribution in [-0.4, -0.2) is 89.7 Å². The van der Waals surface area contributed by atoms with Crippen molar-refractivity contribution in [2.45, 2.75) is 26.2 Å². The Hall–Kier alpha value is -2.49. The van der Waals surface area contributed by atoms with E-state index in [1.807, 2.05) is 10.7 Å². The maximum atomic E-state index is 12.7. The Kier molecular flexibility index (Phi) is 7.12. The van der Waals surface area contributed by atoms with Crippen LogP contribution in [0.2, 0.25) is 0 Å². The Morgan fingerprint density at radius 3 is 2.53 bits per heavy atom. The normalized spacial score (nSPS) is 18.6. The van der Waals surface area contributed by atoms with Gasteiger partial charge in [-0.25, -0.2) is 9.50 Å². The van der Waals surface area contributed by atoms with Gasteiger partial charge in [-0.05, 0) is 39.8 Å². The molecule has 2 aliphatic rings. The molecular weight excluding hydrogens is 446 g/mol. The first-order chi connectivity index (χ1) is 16.5. The molecule has 34 heavy (non-hydrogen) atoms. The van der Waals surface area contributed by atoms with E-state index >= 15 is 0 Å². The fourth-order valence-electron chi connectivity index (χ4n) is 4.74. The van der Waals surface area contributed by atoms with E-state index in [-0.39, 0.29) is 11.8 Å². The molecule has 182 valence electrons. The summed E-state index contributed by atoms with van der Waals surface area (Å²) in [5.74, 6) is 0.326. The molecule has 0 unspecified atom stereocenters. The van der Waals surface area contributed by atoms with Gasteiger partial charge in [0.2, 0.25) is 16.0 Å². The SMILES string of the molecule is Cc1ccc(-c2cn3nc(N4CCC(C(=O)NCCCN5CCN(C)CC5)CC4)sc3n2)cc1. The fourth-order valence-corrected chi connectivity index (χ4v) is 5.68. The summed E-state index contributed by atoms with van der Waals surface area (Å²) in [6.07, 6.45) is 4.78. The van der Waals surface area contributed by atoms with Crippen LogP contribution in [0.3, 0.4) is 0 Å². The van der Waals surface area contributed by atoms with Crippen molar-refractivity contribution in [3.63, 3.8) is 0 Å². The highest BCUT2D eigenvalue weighted by Crippen LogP contribution is 2.29. The molecule has 2 aliphatic heterocycles. The standard InChI is InChI=1S/C25H35N7OS/c1-19-4-6-20(7-5-19)22-18-32-24(27-22)34-25(28-32)31-12-8-21(9-13-31)23(33)26-10-3-11-30-16-14-29(2)15-17-30/h4-7,18,21H,3,8-17H2,1-2H3,(H,26,33). The number of amides is 1. The molecule has 3 aromatic rings. The number of piperazine rings is 1. The molecule has 2 aromatic heterocycles. The van der Waals surface area contributed by atoms with Gasteiger partial charge in [0.1, 0.15) is 0 Å². The quantitative estimate of drug-likeness (QED) is 0.524. The minimum absolute atomic E-state index is 0.108. The Labute approximate surface area is 205 Å². The van der Waals surface area contributed by atoms with Crippen LogP contribution in [0.15, 0.2) is 30.5 Å². The number of imidazole rings is 1. The predicted octanol–water partition coefficient (Wildman–Crippen LogP) is 2.74. The summed E-state index contributed by atoms with van der Waals surface area (Å²) in [4.78, 5) is 25.5. The zero-order chi connectivity index (χ0) is 23.5. The van der Waals surface area contributed by atoms with Crippen molar-refractivity contribution in [2.75, 3.05) is 64.3 Å². The van der Waals surface area contributed by atoms with Gasteiger partial charge in [-0.1, -0.05) is 41.2 Å². The van der Waals surface area contributed by atoms with E-state index in [2.05, 4.69) is 58.3 Å². The topological polar surface area (TPSA) is 69.0 Å². The van der Waals surface area contributed by atoms with Crippen molar-refractivity contribution in [1.82, 2.24) is 29.7 Å². The predicted molar refractivity (Wildman–Crippen MR) is 138 cm³/mol. The third kappa shape index (κ3) is 5.42. The number of nitrogens with one attached hydrogen (secondary N) is 1. The summed E-state index contributed by atoms with van der Waals surface area (Å²) < 4.78 is 1.88. The zero-order valence-electron chi connectivity index (χ0n) is 20.2. The Bertz CT molecular complexity index is 1060. The van der Waals surface area contributed by atoms with Gasteiger partial charge in [0.05, 0.1) is 11.9 Å². The van der Waals surface area contributed by atoms with Crippen molar-refractivity contribution in [2.24, 2.45) is 5.92 Å².